The normalized spacial score (nSPS) is 19.3. The fraction of sp³-hybridized carbons (Fsp3) is 0.333. The lowest BCUT2D eigenvalue weighted by Crippen LogP contribution is -2.49. The molecule has 11 nitrogen and oxygen atoms in total. The third kappa shape index (κ3) is 5.33. The Kier molecular flexibility index (Phi) is 7.53. The van der Waals surface area contributed by atoms with Crippen LogP contribution < -0.4 is 29.9 Å². The molecule has 2 aliphatic rings. The smallest absolute Gasteiger partial charge is 0.271 e. The molecule has 2 aliphatic heterocycles. The van der Waals surface area contributed by atoms with E-state index in [1.807, 2.05) is 24.3 Å². The van der Waals surface area contributed by atoms with Crippen molar-refractivity contribution < 1.29 is 14.4 Å². The van der Waals surface area contributed by atoms with Crippen LogP contribution in [0.15, 0.2) is 66.7 Å². The second-order valence-electron chi connectivity index (χ2n) is 10.2. The van der Waals surface area contributed by atoms with Crippen LogP contribution >= 0.6 is 0 Å². The monoisotopic (exact) mass is 555 g/mol. The van der Waals surface area contributed by atoms with Crippen LogP contribution in [-0.4, -0.2) is 68.4 Å². The highest BCUT2D eigenvalue weighted by Gasteiger charge is 2.33. The molecule has 1 aromatic heterocycles. The van der Waals surface area contributed by atoms with Crippen LogP contribution in [0, 0.1) is 10.1 Å². The van der Waals surface area contributed by atoms with E-state index in [-0.39, 0.29) is 17.8 Å². The maximum Gasteiger partial charge on any atom is 0.271 e. The molecule has 212 valence electrons. The Morgan fingerprint density at radius 3 is 1.71 bits per heavy atom. The summed E-state index contributed by atoms with van der Waals surface area (Å²) < 4.78 is 10.8. The number of nitrogens with zero attached hydrogens (tertiary/aromatic N) is 5. The van der Waals surface area contributed by atoms with Crippen molar-refractivity contribution >= 4 is 28.4 Å². The topological polar surface area (TPSA) is 118 Å². The largest absolute Gasteiger partial charge is 0.497 e. The number of rotatable bonds is 7. The van der Waals surface area contributed by atoms with Gasteiger partial charge in [-0.05, 0) is 41.5 Å². The minimum Gasteiger partial charge on any atom is -0.497 e. The van der Waals surface area contributed by atoms with E-state index in [1.54, 1.807) is 20.3 Å². The first-order chi connectivity index (χ1) is 20.1. The van der Waals surface area contributed by atoms with E-state index in [0.29, 0.717) is 17.6 Å². The molecule has 41 heavy (non-hydrogen) atoms. The zero-order valence-electron chi connectivity index (χ0n) is 23.1. The van der Waals surface area contributed by atoms with Crippen molar-refractivity contribution in [2.45, 2.75) is 12.1 Å². The molecule has 2 saturated heterocycles. The first kappa shape index (κ1) is 26.7. The van der Waals surface area contributed by atoms with Crippen molar-refractivity contribution in [2.75, 3.05) is 63.3 Å². The molecule has 0 saturated carbocycles. The molecule has 4 aromatic rings. The molecular formula is C30H33N7O4. The van der Waals surface area contributed by atoms with Gasteiger partial charge in [0, 0.05) is 51.4 Å². The maximum absolute atomic E-state index is 11.6. The van der Waals surface area contributed by atoms with Gasteiger partial charge in [-0.25, -0.2) is 9.97 Å². The molecule has 0 bridgehead atoms. The van der Waals surface area contributed by atoms with E-state index in [1.165, 1.54) is 12.1 Å². The van der Waals surface area contributed by atoms with Gasteiger partial charge >= 0.3 is 0 Å². The van der Waals surface area contributed by atoms with E-state index in [9.17, 15) is 10.1 Å². The van der Waals surface area contributed by atoms with E-state index in [4.69, 9.17) is 19.4 Å². The molecule has 6 rings (SSSR count). The Morgan fingerprint density at radius 2 is 1.24 bits per heavy atom. The number of hydrogen-bond donors (Lipinski definition) is 2. The minimum absolute atomic E-state index is 0.00389. The van der Waals surface area contributed by atoms with Gasteiger partial charge < -0.3 is 29.9 Å². The van der Waals surface area contributed by atoms with E-state index in [2.05, 4.69) is 44.7 Å². The van der Waals surface area contributed by atoms with Crippen molar-refractivity contribution in [3.8, 4) is 11.5 Å². The second-order valence-corrected chi connectivity index (χ2v) is 10.2. The Hall–Kier alpha value is -4.48. The van der Waals surface area contributed by atoms with Crippen molar-refractivity contribution in [1.29, 1.82) is 0 Å². The summed E-state index contributed by atoms with van der Waals surface area (Å²) >= 11 is 0. The number of nitro groups is 1. The highest BCUT2D eigenvalue weighted by molar-refractivity contribution is 5.83. The number of nitrogens with one attached hydrogen (secondary N) is 2. The van der Waals surface area contributed by atoms with Crippen molar-refractivity contribution in [2.24, 2.45) is 0 Å². The Bertz CT molecular complexity index is 1530. The fourth-order valence-electron chi connectivity index (χ4n) is 5.69. The second kappa shape index (κ2) is 11.6. The molecule has 11 heteroatoms. The van der Waals surface area contributed by atoms with Gasteiger partial charge in [0.1, 0.15) is 11.5 Å². The Balaban J connectivity index is 1.49. The summed E-state index contributed by atoms with van der Waals surface area (Å²) in [7, 11) is 3.32. The molecule has 3 heterocycles. The van der Waals surface area contributed by atoms with Crippen LogP contribution in [0.1, 0.15) is 23.2 Å². The fourth-order valence-corrected chi connectivity index (χ4v) is 5.69. The zero-order chi connectivity index (χ0) is 28.3. The molecule has 2 unspecified atom stereocenters. The van der Waals surface area contributed by atoms with Crippen molar-refractivity contribution in [3.05, 3.63) is 88.0 Å². The molecule has 0 amide bonds. The number of anilines is 2. The highest BCUT2D eigenvalue weighted by atomic mass is 16.6. The number of ether oxygens (including phenoxy) is 2. The van der Waals surface area contributed by atoms with Gasteiger partial charge in [-0.3, -0.25) is 10.1 Å². The summed E-state index contributed by atoms with van der Waals surface area (Å²) in [6.07, 6.45) is 0. The minimum atomic E-state index is -0.393. The van der Waals surface area contributed by atoms with Gasteiger partial charge in [-0.2, -0.15) is 0 Å². The van der Waals surface area contributed by atoms with Crippen LogP contribution in [0.4, 0.5) is 17.3 Å². The van der Waals surface area contributed by atoms with E-state index >= 15 is 0 Å². The van der Waals surface area contributed by atoms with Crippen molar-refractivity contribution in [1.82, 2.24) is 20.6 Å². The van der Waals surface area contributed by atoms with Gasteiger partial charge in [-0.15, -0.1) is 0 Å². The third-order valence-corrected chi connectivity index (χ3v) is 7.85. The summed E-state index contributed by atoms with van der Waals surface area (Å²) in [5, 5.41) is 18.6. The first-order valence-corrected chi connectivity index (χ1v) is 13.7. The summed E-state index contributed by atoms with van der Waals surface area (Å²) in [5.41, 5.74) is 3.38. The standard InChI is InChI=1S/C30H33N7O4/c1-40-23-8-3-20(4-9-23)27-18-31-13-15-35(27)29-30(34-26-17-22(37(38)39)7-12-25(26)33-29)36-16-14-32-19-28(36)21-5-10-24(41-2)11-6-21/h3-12,17,27-28,31-32H,13-16,18-19H2,1-2H3. The van der Waals surface area contributed by atoms with Crippen LogP contribution in [0.5, 0.6) is 11.5 Å². The number of benzene rings is 3. The lowest BCUT2D eigenvalue weighted by molar-refractivity contribution is -0.384. The van der Waals surface area contributed by atoms with Gasteiger partial charge in [0.25, 0.3) is 5.69 Å². The first-order valence-electron chi connectivity index (χ1n) is 13.7. The highest BCUT2D eigenvalue weighted by Crippen LogP contribution is 2.39. The maximum atomic E-state index is 11.6. The predicted molar refractivity (Wildman–Crippen MR) is 158 cm³/mol. The Morgan fingerprint density at radius 1 is 0.756 bits per heavy atom. The molecule has 0 aliphatic carbocycles. The van der Waals surface area contributed by atoms with Crippen LogP contribution in [0.3, 0.4) is 0 Å². The summed E-state index contributed by atoms with van der Waals surface area (Å²) in [4.78, 5) is 26.0. The molecule has 2 fully saturated rings. The molecular weight excluding hydrogens is 522 g/mol. The number of piperazine rings is 2. The zero-order valence-corrected chi connectivity index (χ0v) is 23.1. The van der Waals surface area contributed by atoms with Crippen LogP contribution in [0.25, 0.3) is 11.0 Å². The molecule has 0 spiro atoms. The van der Waals surface area contributed by atoms with Gasteiger partial charge in [0.15, 0.2) is 11.6 Å². The van der Waals surface area contributed by atoms with Gasteiger partial charge in [-0.1, -0.05) is 24.3 Å². The number of nitro benzene ring substituents is 1. The third-order valence-electron chi connectivity index (χ3n) is 7.85. The van der Waals surface area contributed by atoms with E-state index in [0.717, 1.165) is 67.0 Å². The predicted octanol–water partition coefficient (Wildman–Crippen LogP) is 3.86. The number of methoxy groups -OCH3 is 2. The SMILES string of the molecule is COc1ccc(C2CNCCN2c2nc3ccc([N+](=O)[O-])cc3nc2N2CCNCC2c2ccc(OC)cc2)cc1. The number of fused-ring (bicyclic) bond motifs is 1. The number of aromatic nitrogens is 2. The molecule has 2 N–H and O–H groups in total. The average molecular weight is 556 g/mol. The van der Waals surface area contributed by atoms with Crippen LogP contribution in [0.2, 0.25) is 0 Å². The lowest BCUT2D eigenvalue weighted by Gasteiger charge is -2.42. The summed E-state index contributed by atoms with van der Waals surface area (Å²) in [5.74, 6) is 3.10. The van der Waals surface area contributed by atoms with Gasteiger partial charge in [0.2, 0.25) is 0 Å². The van der Waals surface area contributed by atoms with Crippen molar-refractivity contribution in [3.63, 3.8) is 0 Å². The number of hydrogen-bond acceptors (Lipinski definition) is 10. The van der Waals surface area contributed by atoms with E-state index < -0.39 is 4.92 Å². The summed E-state index contributed by atoms with van der Waals surface area (Å²) in [6, 6.07) is 20.9. The quantitative estimate of drug-likeness (QED) is 0.257. The molecule has 3 aromatic carbocycles. The van der Waals surface area contributed by atoms with Crippen LogP contribution in [-0.2, 0) is 0 Å². The summed E-state index contributed by atoms with van der Waals surface area (Å²) in [6.45, 7) is 4.49. The van der Waals surface area contributed by atoms with Gasteiger partial charge in [0.05, 0.1) is 42.3 Å². The Labute approximate surface area is 238 Å². The average Bonchev–Trinajstić information content (AvgIpc) is 3.04. The molecule has 0 radical (unpaired) electrons. The lowest BCUT2D eigenvalue weighted by atomic mass is 10.0. The molecule has 2 atom stereocenters. The number of non-ortho nitro benzene ring substituents is 1.